The van der Waals surface area contributed by atoms with Crippen LogP contribution >= 0.6 is 23.4 Å². The third-order valence-electron chi connectivity index (χ3n) is 3.11. The molecule has 0 amide bonds. The van der Waals surface area contributed by atoms with Crippen LogP contribution in [0.15, 0.2) is 34.2 Å². The number of nitrogens with one attached hydrogen (secondary N) is 1. The lowest BCUT2D eigenvalue weighted by atomic mass is 10.1. The quantitative estimate of drug-likeness (QED) is 0.903. The maximum absolute atomic E-state index is 5.94. The highest BCUT2D eigenvalue weighted by Gasteiger charge is 2.17. The Kier molecular flexibility index (Phi) is 5.02. The van der Waals surface area contributed by atoms with E-state index in [0.717, 1.165) is 17.3 Å². The summed E-state index contributed by atoms with van der Waals surface area (Å²) in [4.78, 5) is 1.17. The zero-order valence-electron chi connectivity index (χ0n) is 13.2. The molecule has 5 heteroatoms. The van der Waals surface area contributed by atoms with Gasteiger partial charge in [0.1, 0.15) is 5.03 Å². The van der Waals surface area contributed by atoms with E-state index >= 15 is 0 Å². The van der Waals surface area contributed by atoms with Crippen LogP contribution in [-0.2, 0) is 13.6 Å². The second kappa shape index (κ2) is 6.42. The Morgan fingerprint density at radius 3 is 2.43 bits per heavy atom. The summed E-state index contributed by atoms with van der Waals surface area (Å²) in [5.74, 6) is 0. The van der Waals surface area contributed by atoms with Crippen LogP contribution in [0.2, 0.25) is 5.02 Å². The SMILES string of the molecule is Cc1nn(C)c(Sc2ccc(Cl)cc2)c1CNC(C)(C)C. The van der Waals surface area contributed by atoms with Crippen molar-refractivity contribution in [3.63, 3.8) is 0 Å². The molecular formula is C16H22ClN3S. The molecule has 114 valence electrons. The number of rotatable bonds is 4. The number of benzene rings is 1. The third-order valence-corrected chi connectivity index (χ3v) is 4.58. The van der Waals surface area contributed by atoms with Gasteiger partial charge in [-0.2, -0.15) is 5.10 Å². The third kappa shape index (κ3) is 4.50. The predicted molar refractivity (Wildman–Crippen MR) is 90.1 cm³/mol. The molecule has 1 aromatic carbocycles. The molecule has 0 atom stereocenters. The normalized spacial score (nSPS) is 11.9. The van der Waals surface area contributed by atoms with Gasteiger partial charge in [-0.25, -0.2) is 0 Å². The van der Waals surface area contributed by atoms with E-state index in [-0.39, 0.29) is 5.54 Å². The van der Waals surface area contributed by atoms with Crippen LogP contribution in [0.5, 0.6) is 0 Å². The maximum atomic E-state index is 5.94. The van der Waals surface area contributed by atoms with Gasteiger partial charge in [0.2, 0.25) is 0 Å². The van der Waals surface area contributed by atoms with E-state index < -0.39 is 0 Å². The predicted octanol–water partition coefficient (Wildman–Crippen LogP) is 4.42. The van der Waals surface area contributed by atoms with Crippen molar-refractivity contribution in [2.45, 2.75) is 49.7 Å². The average molecular weight is 324 g/mol. The summed E-state index contributed by atoms with van der Waals surface area (Å²) in [5, 5.41) is 10.0. The molecule has 0 aliphatic heterocycles. The van der Waals surface area contributed by atoms with Gasteiger partial charge in [0.25, 0.3) is 0 Å². The molecular weight excluding hydrogens is 302 g/mol. The van der Waals surface area contributed by atoms with Gasteiger partial charge in [0.05, 0.1) is 5.69 Å². The molecule has 3 nitrogen and oxygen atoms in total. The summed E-state index contributed by atoms with van der Waals surface area (Å²) in [6.07, 6.45) is 0. The smallest absolute Gasteiger partial charge is 0.103 e. The van der Waals surface area contributed by atoms with E-state index in [2.05, 4.69) is 38.1 Å². The van der Waals surface area contributed by atoms with Gasteiger partial charge in [-0.1, -0.05) is 23.4 Å². The van der Waals surface area contributed by atoms with Gasteiger partial charge < -0.3 is 5.32 Å². The Bertz CT molecular complexity index is 612. The van der Waals surface area contributed by atoms with Crippen molar-refractivity contribution in [2.24, 2.45) is 7.05 Å². The van der Waals surface area contributed by atoms with E-state index in [1.54, 1.807) is 11.8 Å². The van der Waals surface area contributed by atoms with E-state index in [1.165, 1.54) is 15.5 Å². The van der Waals surface area contributed by atoms with Crippen molar-refractivity contribution in [3.05, 3.63) is 40.5 Å². The highest BCUT2D eigenvalue weighted by molar-refractivity contribution is 7.99. The van der Waals surface area contributed by atoms with Crippen molar-refractivity contribution in [1.29, 1.82) is 0 Å². The van der Waals surface area contributed by atoms with Crippen LogP contribution in [0.4, 0.5) is 0 Å². The second-order valence-corrected chi connectivity index (χ2v) is 7.65. The molecule has 0 aliphatic carbocycles. The summed E-state index contributed by atoms with van der Waals surface area (Å²) in [6.45, 7) is 9.39. The van der Waals surface area contributed by atoms with Crippen molar-refractivity contribution in [2.75, 3.05) is 0 Å². The highest BCUT2D eigenvalue weighted by atomic mass is 35.5. The van der Waals surface area contributed by atoms with Crippen molar-refractivity contribution >= 4 is 23.4 Å². The van der Waals surface area contributed by atoms with Gasteiger partial charge in [-0.15, -0.1) is 0 Å². The van der Waals surface area contributed by atoms with Gasteiger partial charge in [0, 0.05) is 34.6 Å². The number of nitrogens with zero attached hydrogens (tertiary/aromatic N) is 2. The summed E-state index contributed by atoms with van der Waals surface area (Å²) in [5.41, 5.74) is 2.42. The van der Waals surface area contributed by atoms with Crippen molar-refractivity contribution in [1.82, 2.24) is 15.1 Å². The largest absolute Gasteiger partial charge is 0.308 e. The van der Waals surface area contributed by atoms with E-state index in [0.29, 0.717) is 0 Å². The van der Waals surface area contributed by atoms with Gasteiger partial charge in [0.15, 0.2) is 0 Å². The molecule has 21 heavy (non-hydrogen) atoms. The number of aromatic nitrogens is 2. The number of halogens is 1. The first-order valence-corrected chi connectivity index (χ1v) is 8.16. The summed E-state index contributed by atoms with van der Waals surface area (Å²) < 4.78 is 1.95. The minimum absolute atomic E-state index is 0.0878. The second-order valence-electron chi connectivity index (χ2n) is 6.15. The number of aryl methyl sites for hydroxylation is 2. The molecule has 0 saturated heterocycles. The summed E-state index contributed by atoms with van der Waals surface area (Å²) in [6, 6.07) is 7.91. The zero-order chi connectivity index (χ0) is 15.6. The minimum atomic E-state index is 0.0878. The van der Waals surface area contributed by atoms with Gasteiger partial charge in [-0.3, -0.25) is 4.68 Å². The molecule has 0 bridgehead atoms. The van der Waals surface area contributed by atoms with E-state index in [9.17, 15) is 0 Å². The average Bonchev–Trinajstić information content (AvgIpc) is 2.64. The first-order chi connectivity index (χ1) is 9.76. The number of hydrogen-bond donors (Lipinski definition) is 1. The van der Waals surface area contributed by atoms with Gasteiger partial charge >= 0.3 is 0 Å². The molecule has 2 aromatic rings. The van der Waals surface area contributed by atoms with E-state index in [4.69, 9.17) is 11.6 Å². The molecule has 1 aromatic heterocycles. The maximum Gasteiger partial charge on any atom is 0.103 e. The Morgan fingerprint density at radius 2 is 1.86 bits per heavy atom. The van der Waals surface area contributed by atoms with E-state index in [1.807, 2.05) is 36.0 Å². The first-order valence-electron chi connectivity index (χ1n) is 6.97. The minimum Gasteiger partial charge on any atom is -0.308 e. The molecule has 0 radical (unpaired) electrons. The molecule has 1 N–H and O–H groups in total. The Labute approximate surface area is 136 Å². The lowest BCUT2D eigenvalue weighted by molar-refractivity contribution is 0.421. The summed E-state index contributed by atoms with van der Waals surface area (Å²) >= 11 is 7.67. The van der Waals surface area contributed by atoms with Crippen LogP contribution in [0, 0.1) is 6.92 Å². The fourth-order valence-corrected chi connectivity index (χ4v) is 3.12. The monoisotopic (exact) mass is 323 g/mol. The van der Waals surface area contributed by atoms with Crippen LogP contribution in [-0.4, -0.2) is 15.3 Å². The topological polar surface area (TPSA) is 29.9 Å². The van der Waals surface area contributed by atoms with Crippen LogP contribution in [0.25, 0.3) is 0 Å². The molecule has 0 aliphatic rings. The standard InChI is InChI=1S/C16H22ClN3S/c1-11-14(10-18-16(2,3)4)15(20(5)19-11)21-13-8-6-12(17)7-9-13/h6-9,18H,10H2,1-5H3. The molecule has 1 heterocycles. The van der Waals surface area contributed by atoms with Gasteiger partial charge in [-0.05, 0) is 52.0 Å². The highest BCUT2D eigenvalue weighted by Crippen LogP contribution is 2.32. The Morgan fingerprint density at radius 1 is 1.24 bits per heavy atom. The first kappa shape index (κ1) is 16.4. The lowest BCUT2D eigenvalue weighted by Crippen LogP contribution is -2.35. The van der Waals surface area contributed by atoms with Crippen LogP contribution in [0.1, 0.15) is 32.0 Å². The number of hydrogen-bond acceptors (Lipinski definition) is 3. The Balaban J connectivity index is 2.24. The molecule has 0 spiro atoms. The zero-order valence-corrected chi connectivity index (χ0v) is 14.8. The van der Waals surface area contributed by atoms with Crippen LogP contribution < -0.4 is 5.32 Å². The summed E-state index contributed by atoms with van der Waals surface area (Å²) in [7, 11) is 1.99. The molecule has 2 rings (SSSR count). The fourth-order valence-electron chi connectivity index (χ4n) is 1.98. The molecule has 0 fully saturated rings. The van der Waals surface area contributed by atoms with Crippen molar-refractivity contribution in [3.8, 4) is 0 Å². The molecule has 0 saturated carbocycles. The Hall–Kier alpha value is -0.970. The fraction of sp³-hybridized carbons (Fsp3) is 0.438. The van der Waals surface area contributed by atoms with Crippen LogP contribution in [0.3, 0.4) is 0 Å². The van der Waals surface area contributed by atoms with Crippen molar-refractivity contribution < 1.29 is 0 Å². The molecule has 0 unspecified atom stereocenters. The lowest BCUT2D eigenvalue weighted by Gasteiger charge is -2.20.